The lowest BCUT2D eigenvalue weighted by molar-refractivity contribution is -0.123. The quantitative estimate of drug-likeness (QED) is 0.176. The molecule has 9 heteroatoms. The van der Waals surface area contributed by atoms with Gasteiger partial charge in [0.1, 0.15) is 5.82 Å². The van der Waals surface area contributed by atoms with Crippen molar-refractivity contribution in [2.45, 2.75) is 31.7 Å². The van der Waals surface area contributed by atoms with Crippen LogP contribution in [0.3, 0.4) is 0 Å². The van der Waals surface area contributed by atoms with Gasteiger partial charge in [0.2, 0.25) is 5.91 Å². The van der Waals surface area contributed by atoms with Crippen molar-refractivity contribution in [2.75, 3.05) is 51.6 Å². The summed E-state index contributed by atoms with van der Waals surface area (Å²) in [4.78, 5) is 22.1. The van der Waals surface area contributed by atoms with Crippen LogP contribution >= 0.6 is 35.7 Å². The van der Waals surface area contributed by atoms with Gasteiger partial charge in [0.05, 0.1) is 13.1 Å². The number of nitrogens with zero attached hydrogens (tertiary/aromatic N) is 3. The highest BCUT2D eigenvalue weighted by molar-refractivity contribution is 14.0. The fourth-order valence-corrected chi connectivity index (χ4v) is 3.71. The number of nitrogens with one attached hydrogen (secondary N) is 2. The Bertz CT molecular complexity index is 636. The zero-order valence-electron chi connectivity index (χ0n) is 17.5. The predicted molar refractivity (Wildman–Crippen MR) is 130 cm³/mol. The Morgan fingerprint density at radius 1 is 1.21 bits per heavy atom. The number of carbonyl (C=O) groups is 1. The summed E-state index contributed by atoms with van der Waals surface area (Å²) in [6.45, 7) is 11.4. The number of carbonyl (C=O) groups excluding carboxylic acids is 1. The van der Waals surface area contributed by atoms with Crippen LogP contribution in [0.5, 0.6) is 0 Å². The molecule has 0 bridgehead atoms. The first-order chi connectivity index (χ1) is 13.5. The number of hydrogen-bond donors (Lipinski definition) is 2. The average Bonchev–Trinajstić information content (AvgIpc) is 2.66. The van der Waals surface area contributed by atoms with Crippen LogP contribution in [0.15, 0.2) is 34.2 Å². The van der Waals surface area contributed by atoms with Crippen molar-refractivity contribution in [3.63, 3.8) is 0 Å². The van der Waals surface area contributed by atoms with E-state index in [0.717, 1.165) is 49.3 Å². The number of rotatable bonds is 8. The summed E-state index contributed by atoms with van der Waals surface area (Å²) in [7, 11) is 0. The molecular weight excluding hydrogens is 504 g/mol. The number of benzene rings is 1. The molecule has 2 N–H and O–H groups in total. The van der Waals surface area contributed by atoms with Gasteiger partial charge in [-0.1, -0.05) is 0 Å². The maximum Gasteiger partial charge on any atom is 0.234 e. The molecule has 1 aromatic rings. The zero-order chi connectivity index (χ0) is 20.4. The van der Waals surface area contributed by atoms with Crippen molar-refractivity contribution >= 4 is 47.6 Å². The second kappa shape index (κ2) is 14.0. The maximum atomic E-state index is 13.0. The van der Waals surface area contributed by atoms with Crippen LogP contribution in [0, 0.1) is 5.82 Å². The van der Waals surface area contributed by atoms with E-state index in [-0.39, 0.29) is 41.7 Å². The Morgan fingerprint density at radius 2 is 1.86 bits per heavy atom. The molecule has 1 amide bonds. The van der Waals surface area contributed by atoms with Gasteiger partial charge in [-0.3, -0.25) is 14.7 Å². The number of amides is 1. The van der Waals surface area contributed by atoms with Crippen LogP contribution in [0.4, 0.5) is 4.39 Å². The number of hydrogen-bond acceptors (Lipinski definition) is 4. The largest absolute Gasteiger partial charge is 0.357 e. The van der Waals surface area contributed by atoms with Crippen LogP contribution in [-0.2, 0) is 4.79 Å². The Hall–Kier alpha value is -1.07. The summed E-state index contributed by atoms with van der Waals surface area (Å²) in [5, 5.41) is 6.30. The SMILES string of the molecule is CCNC(=NCCSc1ccc(F)cc1)N1CCN(CC(=O)NC(C)C)CC1.I. The van der Waals surface area contributed by atoms with Gasteiger partial charge in [-0.25, -0.2) is 4.39 Å². The fourth-order valence-electron chi connectivity index (χ4n) is 2.96. The molecule has 29 heavy (non-hydrogen) atoms. The zero-order valence-corrected chi connectivity index (χ0v) is 20.6. The van der Waals surface area contributed by atoms with Gasteiger partial charge >= 0.3 is 0 Å². The van der Waals surface area contributed by atoms with Crippen molar-refractivity contribution in [1.82, 2.24) is 20.4 Å². The molecule has 0 saturated carbocycles. The summed E-state index contributed by atoms with van der Waals surface area (Å²) in [6.07, 6.45) is 0. The number of thioether (sulfide) groups is 1. The predicted octanol–water partition coefficient (Wildman–Crippen LogP) is 2.64. The molecule has 0 unspecified atom stereocenters. The minimum Gasteiger partial charge on any atom is -0.357 e. The van der Waals surface area contributed by atoms with Crippen LogP contribution in [0.25, 0.3) is 0 Å². The van der Waals surface area contributed by atoms with E-state index in [1.165, 1.54) is 12.1 Å². The Labute approximate surface area is 195 Å². The van der Waals surface area contributed by atoms with Crippen LogP contribution in [0.2, 0.25) is 0 Å². The van der Waals surface area contributed by atoms with Crippen molar-refractivity contribution < 1.29 is 9.18 Å². The molecule has 0 aromatic heterocycles. The third-order valence-electron chi connectivity index (χ3n) is 4.26. The average molecular weight is 537 g/mol. The van der Waals surface area contributed by atoms with E-state index in [2.05, 4.69) is 27.4 Å². The summed E-state index contributed by atoms with van der Waals surface area (Å²) in [6, 6.07) is 6.73. The van der Waals surface area contributed by atoms with Gasteiger partial charge in [0.15, 0.2) is 5.96 Å². The van der Waals surface area contributed by atoms with Crippen molar-refractivity contribution in [1.29, 1.82) is 0 Å². The smallest absolute Gasteiger partial charge is 0.234 e. The number of aliphatic imine (C=N–C) groups is 1. The molecular formula is C20H33FIN5OS. The van der Waals surface area contributed by atoms with Gasteiger partial charge in [-0.15, -0.1) is 35.7 Å². The van der Waals surface area contributed by atoms with Gasteiger partial charge in [-0.05, 0) is 45.0 Å². The molecule has 164 valence electrons. The lowest BCUT2D eigenvalue weighted by Gasteiger charge is -2.36. The summed E-state index contributed by atoms with van der Waals surface area (Å²) in [5.41, 5.74) is 0. The number of guanidine groups is 1. The van der Waals surface area contributed by atoms with Gasteiger partial charge in [-0.2, -0.15) is 0 Å². The number of halogens is 2. The monoisotopic (exact) mass is 537 g/mol. The lowest BCUT2D eigenvalue weighted by Crippen LogP contribution is -2.54. The minimum atomic E-state index is -0.211. The van der Waals surface area contributed by atoms with E-state index in [4.69, 9.17) is 4.99 Å². The summed E-state index contributed by atoms with van der Waals surface area (Å²) in [5.74, 6) is 1.64. The second-order valence-corrected chi connectivity index (χ2v) is 8.19. The minimum absolute atomic E-state index is 0. The molecule has 1 fully saturated rings. The van der Waals surface area contributed by atoms with Crippen molar-refractivity contribution in [3.05, 3.63) is 30.1 Å². The van der Waals surface area contributed by atoms with Crippen LogP contribution < -0.4 is 10.6 Å². The van der Waals surface area contributed by atoms with E-state index >= 15 is 0 Å². The van der Waals surface area contributed by atoms with E-state index in [9.17, 15) is 9.18 Å². The van der Waals surface area contributed by atoms with Crippen LogP contribution in [-0.4, -0.2) is 79.3 Å². The third-order valence-corrected chi connectivity index (χ3v) is 5.25. The van der Waals surface area contributed by atoms with Gasteiger partial charge in [0, 0.05) is 49.4 Å². The van der Waals surface area contributed by atoms with Gasteiger partial charge < -0.3 is 15.5 Å². The lowest BCUT2D eigenvalue weighted by atomic mass is 10.3. The molecule has 0 radical (unpaired) electrons. The summed E-state index contributed by atoms with van der Waals surface area (Å²) < 4.78 is 13.0. The fraction of sp³-hybridized carbons (Fsp3) is 0.600. The molecule has 0 atom stereocenters. The van der Waals surface area contributed by atoms with Crippen LogP contribution in [0.1, 0.15) is 20.8 Å². The highest BCUT2D eigenvalue weighted by atomic mass is 127. The van der Waals surface area contributed by atoms with Crippen molar-refractivity contribution in [3.8, 4) is 0 Å². The molecule has 1 heterocycles. The highest BCUT2D eigenvalue weighted by Crippen LogP contribution is 2.17. The normalized spacial score (nSPS) is 15.2. The second-order valence-electron chi connectivity index (χ2n) is 7.02. The highest BCUT2D eigenvalue weighted by Gasteiger charge is 2.21. The summed E-state index contributed by atoms with van der Waals surface area (Å²) >= 11 is 1.68. The van der Waals surface area contributed by atoms with E-state index < -0.39 is 0 Å². The first-order valence-electron chi connectivity index (χ1n) is 9.91. The Balaban J connectivity index is 0.00000420. The van der Waals surface area contributed by atoms with E-state index in [1.54, 1.807) is 23.9 Å². The molecule has 1 aliphatic heterocycles. The first-order valence-corrected chi connectivity index (χ1v) is 10.9. The number of piperazine rings is 1. The van der Waals surface area contributed by atoms with Gasteiger partial charge in [0.25, 0.3) is 0 Å². The molecule has 0 spiro atoms. The molecule has 6 nitrogen and oxygen atoms in total. The van der Waals surface area contributed by atoms with E-state index in [1.807, 2.05) is 13.8 Å². The molecule has 0 aliphatic carbocycles. The topological polar surface area (TPSA) is 60.0 Å². The molecule has 1 aliphatic rings. The molecule has 1 aromatic carbocycles. The first kappa shape index (κ1) is 26.0. The third kappa shape index (κ3) is 9.99. The van der Waals surface area contributed by atoms with E-state index in [0.29, 0.717) is 13.1 Å². The van der Waals surface area contributed by atoms with Crippen molar-refractivity contribution in [2.24, 2.45) is 4.99 Å². The Morgan fingerprint density at radius 3 is 2.45 bits per heavy atom. The molecule has 2 rings (SSSR count). The Kier molecular flexibility index (Phi) is 12.6. The standard InChI is InChI=1S/C20H32FN5OS.HI/c1-4-22-20(23-9-14-28-18-7-5-17(21)6-8-18)26-12-10-25(11-13-26)15-19(27)24-16(2)3;/h5-8,16H,4,9-15H2,1-3H3,(H,22,23)(H,24,27);1H. The molecule has 1 saturated heterocycles. The maximum absolute atomic E-state index is 13.0.